The zero-order valence-corrected chi connectivity index (χ0v) is 29.5. The molecule has 3 aliphatic heterocycles. The van der Waals surface area contributed by atoms with Crippen molar-refractivity contribution < 1.29 is 14.6 Å². The maximum absolute atomic E-state index is 13.4. The Kier molecular flexibility index (Phi) is 9.88. The first kappa shape index (κ1) is 34.7. The number of hydrogen-bond acceptors (Lipinski definition) is 10. The number of hydrogen-bond donors (Lipinski definition) is 4. The quantitative estimate of drug-likeness (QED) is 0.186. The molecule has 49 heavy (non-hydrogen) atoms. The molecule has 256 valence electrons. The number of aromatic nitrogens is 2. The second-order valence-corrected chi connectivity index (χ2v) is 14.3. The summed E-state index contributed by atoms with van der Waals surface area (Å²) in [6.45, 7) is 8.24. The van der Waals surface area contributed by atoms with E-state index >= 15 is 0 Å². The lowest BCUT2D eigenvalue weighted by Gasteiger charge is -2.42. The number of pyridine rings is 2. The van der Waals surface area contributed by atoms with E-state index in [2.05, 4.69) is 27.9 Å². The first-order valence-corrected chi connectivity index (χ1v) is 17.5. The Morgan fingerprint density at radius 1 is 1.27 bits per heavy atom. The fourth-order valence-electron chi connectivity index (χ4n) is 6.87. The summed E-state index contributed by atoms with van der Waals surface area (Å²) in [5.41, 5.74) is 11.8. The highest BCUT2D eigenvalue weighted by Crippen LogP contribution is 2.44. The second-order valence-electron chi connectivity index (χ2n) is 12.9. The largest absolute Gasteiger partial charge is 0.506 e. The van der Waals surface area contributed by atoms with Crippen LogP contribution in [-0.2, 0) is 11.8 Å². The van der Waals surface area contributed by atoms with Crippen molar-refractivity contribution in [2.24, 2.45) is 23.2 Å². The lowest BCUT2D eigenvalue weighted by Crippen LogP contribution is -2.51. The number of amides is 1. The van der Waals surface area contributed by atoms with Gasteiger partial charge >= 0.3 is 0 Å². The van der Waals surface area contributed by atoms with Crippen molar-refractivity contribution in [1.29, 1.82) is 5.41 Å². The Morgan fingerprint density at radius 3 is 2.69 bits per heavy atom. The van der Waals surface area contributed by atoms with E-state index in [0.29, 0.717) is 40.8 Å². The minimum absolute atomic E-state index is 0.00711. The van der Waals surface area contributed by atoms with E-state index in [9.17, 15) is 14.7 Å². The summed E-state index contributed by atoms with van der Waals surface area (Å²) in [5.74, 6) is -0.190. The SMILES string of the molecule is CC(=C=C1CCC(N2CCC3(CC2)COC(C)C3N)=NC(C)=C1Sc1ccnc(NC(=O)c2c(O)c3ccccc3n(C)c2=O)c1Cl)C=N. The minimum atomic E-state index is -0.826. The number of aromatic hydroxyl groups is 1. The molecule has 0 bridgehead atoms. The third-order valence-corrected chi connectivity index (χ3v) is 11.6. The van der Waals surface area contributed by atoms with Gasteiger partial charge in [-0.2, -0.15) is 0 Å². The summed E-state index contributed by atoms with van der Waals surface area (Å²) < 4.78 is 7.24. The number of ether oxygens (including phenoxy) is 1. The topological polar surface area (TPSA) is 159 Å². The molecule has 0 saturated carbocycles. The highest BCUT2D eigenvalue weighted by molar-refractivity contribution is 8.03. The fourth-order valence-corrected chi connectivity index (χ4v) is 8.15. The average Bonchev–Trinajstić information content (AvgIpc) is 3.27. The molecule has 11 nitrogen and oxygen atoms in total. The predicted octanol–water partition coefficient (Wildman–Crippen LogP) is 6.01. The Hall–Kier alpha value is -4.19. The number of carbonyl (C=O) groups excluding carboxylic acids is 1. The number of nitrogens with two attached hydrogens (primary N) is 1. The van der Waals surface area contributed by atoms with E-state index in [4.69, 9.17) is 32.5 Å². The molecule has 1 aromatic carbocycles. The van der Waals surface area contributed by atoms with Gasteiger partial charge in [0.15, 0.2) is 5.82 Å². The number of nitrogens with one attached hydrogen (secondary N) is 2. The molecule has 3 aromatic rings. The number of benzene rings is 1. The monoisotopic (exact) mass is 701 g/mol. The van der Waals surface area contributed by atoms with Crippen LogP contribution in [0.4, 0.5) is 5.82 Å². The van der Waals surface area contributed by atoms with Crippen molar-refractivity contribution in [2.45, 2.75) is 63.5 Å². The first-order valence-electron chi connectivity index (χ1n) is 16.3. The molecule has 1 spiro atoms. The number of thioether (sulfide) groups is 1. The summed E-state index contributed by atoms with van der Waals surface area (Å²) >= 11 is 8.24. The maximum atomic E-state index is 13.4. The number of likely N-dealkylation sites (tertiary alicyclic amines) is 1. The number of fused-ring (bicyclic) bond motifs is 1. The minimum Gasteiger partial charge on any atom is -0.506 e. The van der Waals surface area contributed by atoms with Gasteiger partial charge in [-0.3, -0.25) is 9.59 Å². The summed E-state index contributed by atoms with van der Waals surface area (Å²) in [6, 6.07) is 8.58. The van der Waals surface area contributed by atoms with Crippen molar-refractivity contribution in [1.82, 2.24) is 14.5 Å². The van der Waals surface area contributed by atoms with Crippen LogP contribution in [0.1, 0.15) is 56.8 Å². The molecular weight excluding hydrogens is 662 g/mol. The lowest BCUT2D eigenvalue weighted by molar-refractivity contribution is 0.0836. The van der Waals surface area contributed by atoms with Crippen molar-refractivity contribution in [3.05, 3.63) is 84.9 Å². The second kappa shape index (κ2) is 14.0. The molecule has 2 atom stereocenters. The van der Waals surface area contributed by atoms with Gasteiger partial charge in [-0.25, -0.2) is 9.98 Å². The van der Waals surface area contributed by atoms with Crippen molar-refractivity contribution in [3.63, 3.8) is 0 Å². The first-order chi connectivity index (χ1) is 23.4. The summed E-state index contributed by atoms with van der Waals surface area (Å²) in [6.07, 6.45) is 6.11. The maximum Gasteiger partial charge on any atom is 0.267 e. The zero-order valence-electron chi connectivity index (χ0n) is 28.0. The molecule has 3 aliphatic rings. The third-order valence-electron chi connectivity index (χ3n) is 9.83. The molecule has 1 amide bonds. The van der Waals surface area contributed by atoms with Gasteiger partial charge in [0.2, 0.25) is 0 Å². The Bertz CT molecular complexity index is 2040. The normalized spacial score (nSPS) is 20.7. The van der Waals surface area contributed by atoms with Gasteiger partial charge < -0.3 is 35.8 Å². The molecule has 5 heterocycles. The van der Waals surface area contributed by atoms with Gasteiger partial charge in [-0.1, -0.05) is 35.5 Å². The van der Waals surface area contributed by atoms with E-state index in [1.54, 1.807) is 37.4 Å². The lowest BCUT2D eigenvalue weighted by atomic mass is 9.73. The molecule has 13 heteroatoms. The standard InChI is InChI=1S/C36H40ClN7O4S/c1-20(18-38)17-23-9-10-27(44-15-12-36(13-16-44)19-48-22(3)32(36)39)41-21(2)31(23)49-26-11-14-40-33(29(26)37)42-34(46)28-30(45)24-7-5-6-8-25(24)43(4)35(28)47/h5-8,11,14,18,22,32,38,45H,9-10,12-13,15-16,19,39H2,1-4H3,(H,40,42,46). The number of amidine groups is 1. The number of aliphatic imine (C=N–C) groups is 1. The highest BCUT2D eigenvalue weighted by atomic mass is 35.5. The molecule has 2 unspecified atom stereocenters. The van der Waals surface area contributed by atoms with E-state index in [1.807, 2.05) is 13.8 Å². The zero-order chi connectivity index (χ0) is 35.0. The van der Waals surface area contributed by atoms with Crippen LogP contribution in [0, 0.1) is 10.8 Å². The Labute approximate surface area is 294 Å². The number of piperidine rings is 1. The van der Waals surface area contributed by atoms with Gasteiger partial charge in [0, 0.05) is 76.8 Å². The molecule has 5 N–H and O–H groups in total. The van der Waals surface area contributed by atoms with Crippen LogP contribution in [0.15, 0.2) is 78.7 Å². The number of allylic oxidation sites excluding steroid dienone is 2. The number of carbonyl (C=O) groups is 1. The number of rotatable bonds is 5. The number of aryl methyl sites for hydroxylation is 1. The van der Waals surface area contributed by atoms with Crippen LogP contribution in [0.25, 0.3) is 10.9 Å². The molecule has 0 aliphatic carbocycles. The summed E-state index contributed by atoms with van der Waals surface area (Å²) in [5, 5.41) is 21.9. The van der Waals surface area contributed by atoms with E-state index in [1.165, 1.54) is 28.7 Å². The predicted molar refractivity (Wildman–Crippen MR) is 195 cm³/mol. The van der Waals surface area contributed by atoms with Crippen LogP contribution in [-0.4, -0.2) is 69.4 Å². The number of nitrogens with zero attached hydrogens (tertiary/aromatic N) is 4. The van der Waals surface area contributed by atoms with Crippen LogP contribution in [0.2, 0.25) is 5.02 Å². The van der Waals surface area contributed by atoms with E-state index in [0.717, 1.165) is 47.9 Å². The third kappa shape index (κ3) is 6.59. The van der Waals surface area contributed by atoms with Gasteiger partial charge in [-0.05, 0) is 58.2 Å². The Balaban J connectivity index is 1.29. The van der Waals surface area contributed by atoms with Crippen LogP contribution < -0.4 is 16.6 Å². The van der Waals surface area contributed by atoms with Crippen molar-refractivity contribution in [3.8, 4) is 5.75 Å². The molecule has 2 aromatic heterocycles. The van der Waals surface area contributed by atoms with Crippen LogP contribution in [0.5, 0.6) is 5.75 Å². The smallest absolute Gasteiger partial charge is 0.267 e. The van der Waals surface area contributed by atoms with Gasteiger partial charge in [0.1, 0.15) is 17.1 Å². The number of anilines is 1. The molecule has 6 rings (SSSR count). The van der Waals surface area contributed by atoms with E-state index in [-0.39, 0.29) is 28.4 Å². The summed E-state index contributed by atoms with van der Waals surface area (Å²) in [4.78, 5) is 39.8. The van der Waals surface area contributed by atoms with Gasteiger partial charge in [0.25, 0.3) is 11.5 Å². The van der Waals surface area contributed by atoms with E-state index < -0.39 is 22.8 Å². The number of halogens is 1. The average molecular weight is 702 g/mol. The summed E-state index contributed by atoms with van der Waals surface area (Å²) in [7, 11) is 1.54. The van der Waals surface area contributed by atoms with Crippen LogP contribution >= 0.6 is 23.4 Å². The molecule has 2 fully saturated rings. The van der Waals surface area contributed by atoms with Gasteiger partial charge in [0.05, 0.1) is 28.9 Å². The molecular formula is C36H40ClN7O4S. The Morgan fingerprint density at radius 2 is 2.00 bits per heavy atom. The molecule has 2 saturated heterocycles. The van der Waals surface area contributed by atoms with Crippen molar-refractivity contribution >= 4 is 58.0 Å². The van der Waals surface area contributed by atoms with Crippen LogP contribution in [0.3, 0.4) is 0 Å². The highest BCUT2D eigenvalue weighted by Gasteiger charge is 2.47. The fraction of sp³-hybridized carbons (Fsp3) is 0.389. The molecule has 0 radical (unpaired) electrons. The van der Waals surface area contributed by atoms with Crippen molar-refractivity contribution in [2.75, 3.05) is 25.0 Å². The van der Waals surface area contributed by atoms with Gasteiger partial charge in [-0.15, -0.1) is 5.73 Å². The number of para-hydroxylation sites is 1.